The van der Waals surface area contributed by atoms with Crippen molar-refractivity contribution in [1.82, 2.24) is 20.1 Å². The van der Waals surface area contributed by atoms with Gasteiger partial charge in [0.05, 0.1) is 31.4 Å². The van der Waals surface area contributed by atoms with Crippen LogP contribution in [0.4, 0.5) is 4.79 Å². The Balaban J connectivity index is 0.929. The van der Waals surface area contributed by atoms with Gasteiger partial charge >= 0.3 is 6.09 Å². The summed E-state index contributed by atoms with van der Waals surface area (Å²) < 4.78 is 28.6. The second-order valence-electron chi connectivity index (χ2n) is 12.7. The van der Waals surface area contributed by atoms with E-state index in [0.717, 1.165) is 59.7 Å². The molecule has 3 fully saturated rings. The van der Waals surface area contributed by atoms with E-state index in [9.17, 15) is 4.79 Å². The number of hydrogen-bond donors (Lipinski definition) is 2. The SMILES string of the molecule is COc1cc(OC)c2c(COc3cccc4[nH]c(OC(=O)NC5CCN(C[C@@H]6CCCN7CCCC[C@H]67)CC5)cc34)coc2c1. The summed E-state index contributed by atoms with van der Waals surface area (Å²) >= 11 is 0. The summed E-state index contributed by atoms with van der Waals surface area (Å²) in [5.74, 6) is 3.15. The number of nitrogens with one attached hydrogen (secondary N) is 2. The summed E-state index contributed by atoms with van der Waals surface area (Å²) in [6.45, 7) is 6.08. The Labute approximate surface area is 263 Å². The Kier molecular flexibility index (Phi) is 8.76. The number of rotatable bonds is 9. The zero-order valence-electron chi connectivity index (χ0n) is 26.3. The van der Waals surface area contributed by atoms with E-state index in [1.54, 1.807) is 20.5 Å². The van der Waals surface area contributed by atoms with E-state index in [4.69, 9.17) is 23.4 Å². The average Bonchev–Trinajstić information content (AvgIpc) is 3.68. The van der Waals surface area contributed by atoms with Crippen LogP contribution in [0.2, 0.25) is 0 Å². The number of hydrogen-bond acceptors (Lipinski definition) is 8. The molecule has 0 unspecified atom stereocenters. The number of methoxy groups -OCH3 is 2. The molecule has 240 valence electrons. The molecule has 0 bridgehead atoms. The Morgan fingerprint density at radius 3 is 2.69 bits per heavy atom. The number of H-pyrrole nitrogens is 1. The van der Waals surface area contributed by atoms with Crippen LogP contribution in [0.3, 0.4) is 0 Å². The highest BCUT2D eigenvalue weighted by Crippen LogP contribution is 2.37. The maximum atomic E-state index is 12.9. The van der Waals surface area contributed by atoms with Crippen LogP contribution in [0.1, 0.15) is 50.5 Å². The quantitative estimate of drug-likeness (QED) is 0.225. The molecule has 7 rings (SSSR count). The van der Waals surface area contributed by atoms with Crippen molar-refractivity contribution in [3.63, 3.8) is 0 Å². The minimum atomic E-state index is -0.431. The third kappa shape index (κ3) is 6.44. The first-order valence-corrected chi connectivity index (χ1v) is 16.4. The highest BCUT2D eigenvalue weighted by atomic mass is 16.6. The lowest BCUT2D eigenvalue weighted by molar-refractivity contribution is 0.0353. The Morgan fingerprint density at radius 2 is 1.84 bits per heavy atom. The van der Waals surface area contributed by atoms with Crippen molar-refractivity contribution in [2.24, 2.45) is 5.92 Å². The lowest BCUT2D eigenvalue weighted by Gasteiger charge is -2.46. The molecule has 4 aromatic rings. The predicted octanol–water partition coefficient (Wildman–Crippen LogP) is 6.33. The largest absolute Gasteiger partial charge is 0.496 e. The lowest BCUT2D eigenvalue weighted by atomic mass is 9.83. The van der Waals surface area contributed by atoms with E-state index in [-0.39, 0.29) is 12.6 Å². The van der Waals surface area contributed by atoms with Gasteiger partial charge in [0.15, 0.2) is 0 Å². The first kappa shape index (κ1) is 29.8. The molecule has 10 heteroatoms. The standard InChI is InChI=1S/C35H44N4O6/c1-41-26-17-31(42-2)34-24(22-44-32(34)18-26)21-43-30-10-5-8-28-27(30)19-33(37-28)45-35(40)36-25-11-15-38(16-12-25)20-23-7-6-14-39-13-4-3-9-29(23)39/h5,8,10,17-19,22-23,25,29,37H,3-4,6-7,9,11-16,20-21H2,1-2H3,(H,36,40)/t23-,29+/m0/s1. The van der Waals surface area contributed by atoms with Crippen LogP contribution in [0, 0.1) is 5.92 Å². The molecule has 2 aromatic heterocycles. The summed E-state index contributed by atoms with van der Waals surface area (Å²) in [7, 11) is 3.23. The first-order valence-electron chi connectivity index (χ1n) is 16.4. The molecule has 0 radical (unpaired) electrons. The van der Waals surface area contributed by atoms with Gasteiger partial charge in [-0.25, -0.2) is 4.79 Å². The minimum absolute atomic E-state index is 0.122. The zero-order valence-corrected chi connectivity index (χ0v) is 26.3. The number of nitrogens with zero attached hydrogens (tertiary/aromatic N) is 2. The smallest absolute Gasteiger partial charge is 0.414 e. The number of furan rings is 1. The Hall–Kier alpha value is -3.89. The van der Waals surface area contributed by atoms with Crippen LogP contribution in [0.25, 0.3) is 21.9 Å². The van der Waals surface area contributed by atoms with E-state index in [0.29, 0.717) is 28.7 Å². The van der Waals surface area contributed by atoms with Crippen LogP contribution in [-0.2, 0) is 6.61 Å². The number of aromatic amines is 1. The van der Waals surface area contributed by atoms with Crippen molar-refractivity contribution in [3.8, 4) is 23.1 Å². The van der Waals surface area contributed by atoms with Crippen LogP contribution >= 0.6 is 0 Å². The zero-order chi connectivity index (χ0) is 30.8. The number of benzene rings is 2. The molecule has 2 aromatic carbocycles. The number of ether oxygens (including phenoxy) is 4. The predicted molar refractivity (Wildman–Crippen MR) is 173 cm³/mol. The minimum Gasteiger partial charge on any atom is -0.496 e. The van der Waals surface area contributed by atoms with Gasteiger partial charge in [0.2, 0.25) is 5.88 Å². The summed E-state index contributed by atoms with van der Waals surface area (Å²) in [6, 6.07) is 12.1. The topological polar surface area (TPSA) is 101 Å². The Morgan fingerprint density at radius 1 is 0.978 bits per heavy atom. The van der Waals surface area contributed by atoms with E-state index >= 15 is 0 Å². The molecular formula is C35H44N4O6. The van der Waals surface area contributed by atoms with Gasteiger partial charge in [0.25, 0.3) is 0 Å². The molecule has 0 aliphatic carbocycles. The number of fused-ring (bicyclic) bond motifs is 3. The summed E-state index contributed by atoms with van der Waals surface area (Å²) in [6.07, 6.45) is 9.93. The van der Waals surface area contributed by atoms with Crippen molar-refractivity contribution < 1.29 is 28.2 Å². The normalized spacial score (nSPS) is 21.5. The monoisotopic (exact) mass is 616 g/mol. The molecule has 3 aliphatic heterocycles. The van der Waals surface area contributed by atoms with E-state index in [2.05, 4.69) is 20.1 Å². The van der Waals surface area contributed by atoms with Gasteiger partial charge < -0.3 is 43.5 Å². The maximum Gasteiger partial charge on any atom is 0.414 e. The molecule has 10 nitrogen and oxygen atoms in total. The van der Waals surface area contributed by atoms with Crippen LogP contribution in [-0.4, -0.2) is 79.9 Å². The summed E-state index contributed by atoms with van der Waals surface area (Å²) in [5.41, 5.74) is 2.34. The van der Waals surface area contributed by atoms with Crippen molar-refractivity contribution in [2.75, 3.05) is 46.9 Å². The van der Waals surface area contributed by atoms with E-state index in [1.165, 1.54) is 51.7 Å². The van der Waals surface area contributed by atoms with Gasteiger partial charge in [-0.2, -0.15) is 0 Å². The fourth-order valence-corrected chi connectivity index (χ4v) is 7.67. The van der Waals surface area contributed by atoms with Gasteiger partial charge in [-0.05, 0) is 69.7 Å². The molecule has 0 spiro atoms. The summed E-state index contributed by atoms with van der Waals surface area (Å²) in [4.78, 5) is 21.4. The molecule has 1 amide bonds. The fraction of sp³-hybridized carbons (Fsp3) is 0.514. The number of carbonyl (C=O) groups is 1. The third-order valence-corrected chi connectivity index (χ3v) is 9.96. The molecule has 0 saturated carbocycles. The van der Waals surface area contributed by atoms with Gasteiger partial charge in [-0.3, -0.25) is 0 Å². The van der Waals surface area contributed by atoms with Crippen LogP contribution in [0.15, 0.2) is 47.1 Å². The summed E-state index contributed by atoms with van der Waals surface area (Å²) in [5, 5.41) is 4.77. The highest BCUT2D eigenvalue weighted by molar-refractivity contribution is 5.90. The van der Waals surface area contributed by atoms with E-state index in [1.807, 2.05) is 36.4 Å². The number of amides is 1. The second-order valence-corrected chi connectivity index (χ2v) is 12.7. The van der Waals surface area contributed by atoms with Gasteiger partial charge in [0.1, 0.15) is 29.4 Å². The van der Waals surface area contributed by atoms with Crippen molar-refractivity contribution >= 4 is 28.0 Å². The van der Waals surface area contributed by atoms with Crippen LogP contribution < -0.4 is 24.3 Å². The average molecular weight is 617 g/mol. The number of likely N-dealkylation sites (tertiary alicyclic amines) is 1. The number of carbonyl (C=O) groups excluding carboxylic acids is 1. The molecule has 2 N–H and O–H groups in total. The third-order valence-electron chi connectivity index (χ3n) is 9.96. The molecule has 3 aliphatic rings. The molecule has 45 heavy (non-hydrogen) atoms. The van der Waals surface area contributed by atoms with Gasteiger partial charge in [-0.1, -0.05) is 12.5 Å². The lowest BCUT2D eigenvalue weighted by Crippen LogP contribution is -2.52. The molecular weight excluding hydrogens is 572 g/mol. The molecule has 3 saturated heterocycles. The van der Waals surface area contributed by atoms with Crippen molar-refractivity contribution in [2.45, 2.75) is 63.6 Å². The fourth-order valence-electron chi connectivity index (χ4n) is 7.67. The van der Waals surface area contributed by atoms with Gasteiger partial charge in [-0.15, -0.1) is 0 Å². The van der Waals surface area contributed by atoms with E-state index < -0.39 is 6.09 Å². The molecule has 2 atom stereocenters. The second kappa shape index (κ2) is 13.2. The maximum absolute atomic E-state index is 12.9. The number of piperidine rings is 3. The van der Waals surface area contributed by atoms with Crippen molar-refractivity contribution in [3.05, 3.63) is 48.2 Å². The number of aromatic nitrogens is 1. The van der Waals surface area contributed by atoms with Crippen molar-refractivity contribution in [1.29, 1.82) is 0 Å². The van der Waals surface area contributed by atoms with Crippen LogP contribution in [0.5, 0.6) is 23.1 Å². The molecule has 5 heterocycles. The highest BCUT2D eigenvalue weighted by Gasteiger charge is 2.34. The Bertz CT molecular complexity index is 1620. The van der Waals surface area contributed by atoms with Gasteiger partial charge in [0, 0.05) is 60.9 Å². The first-order chi connectivity index (χ1) is 22.1.